The van der Waals surface area contributed by atoms with Gasteiger partial charge in [-0.2, -0.15) is 4.98 Å². The molecule has 8 heteroatoms. The minimum absolute atomic E-state index is 0.194. The number of anilines is 2. The normalized spacial score (nSPS) is 16.0. The standard InChI is InChI=1S/C23H22FN5O2/c1-15-12-27(18-10-8-17(24)9-11-18)22-25-20-19(28(22)13-15)21(30)29(23(31)26(20)2)14-16-6-4-3-5-7-16/h3-11,15H,12-14H2,1-2H3/t15-/m0/s1. The molecule has 5 rings (SSSR count). The van der Waals surface area contributed by atoms with Crippen molar-refractivity contribution in [2.45, 2.75) is 20.0 Å². The lowest BCUT2D eigenvalue weighted by Gasteiger charge is -2.32. The third-order valence-electron chi connectivity index (χ3n) is 5.76. The van der Waals surface area contributed by atoms with Gasteiger partial charge in [0.05, 0.1) is 6.54 Å². The van der Waals surface area contributed by atoms with Crippen LogP contribution in [0.25, 0.3) is 11.2 Å². The lowest BCUT2D eigenvalue weighted by molar-refractivity contribution is 0.458. The first-order valence-corrected chi connectivity index (χ1v) is 10.2. The van der Waals surface area contributed by atoms with Crippen molar-refractivity contribution in [3.8, 4) is 0 Å². The number of aromatic nitrogens is 4. The third-order valence-corrected chi connectivity index (χ3v) is 5.76. The van der Waals surface area contributed by atoms with Crippen LogP contribution in [0.3, 0.4) is 0 Å². The molecule has 4 aromatic rings. The van der Waals surface area contributed by atoms with Gasteiger partial charge in [0, 0.05) is 25.8 Å². The first kappa shape index (κ1) is 19.3. The van der Waals surface area contributed by atoms with Crippen LogP contribution in [0.4, 0.5) is 16.0 Å². The Morgan fingerprint density at radius 1 is 1.03 bits per heavy atom. The molecule has 2 aromatic heterocycles. The zero-order chi connectivity index (χ0) is 21.7. The predicted molar refractivity (Wildman–Crippen MR) is 117 cm³/mol. The second-order valence-electron chi connectivity index (χ2n) is 8.11. The molecule has 2 aromatic carbocycles. The van der Waals surface area contributed by atoms with E-state index in [1.54, 1.807) is 19.2 Å². The summed E-state index contributed by atoms with van der Waals surface area (Å²) in [4.78, 5) is 33.1. The SMILES string of the molecule is C[C@H]1CN(c2ccc(F)cc2)c2nc3c(c(=O)n(Cc4ccccc4)c(=O)n3C)n2C1. The molecule has 0 radical (unpaired) electrons. The summed E-state index contributed by atoms with van der Waals surface area (Å²) in [6, 6.07) is 15.6. The minimum atomic E-state index is -0.404. The monoisotopic (exact) mass is 419 g/mol. The van der Waals surface area contributed by atoms with Crippen LogP contribution in [0, 0.1) is 11.7 Å². The van der Waals surface area contributed by atoms with Crippen LogP contribution < -0.4 is 16.1 Å². The van der Waals surface area contributed by atoms with Gasteiger partial charge in [-0.05, 0) is 35.7 Å². The van der Waals surface area contributed by atoms with Gasteiger partial charge in [-0.15, -0.1) is 0 Å². The van der Waals surface area contributed by atoms with E-state index in [4.69, 9.17) is 0 Å². The number of fused-ring (bicyclic) bond motifs is 3. The maximum Gasteiger partial charge on any atom is 0.332 e. The molecule has 1 atom stereocenters. The van der Waals surface area contributed by atoms with E-state index in [1.807, 2.05) is 39.8 Å². The summed E-state index contributed by atoms with van der Waals surface area (Å²) in [5.74, 6) is 0.506. The van der Waals surface area contributed by atoms with Crippen molar-refractivity contribution in [2.24, 2.45) is 13.0 Å². The summed E-state index contributed by atoms with van der Waals surface area (Å²) in [6.45, 7) is 3.58. The van der Waals surface area contributed by atoms with Crippen molar-refractivity contribution < 1.29 is 4.39 Å². The lowest BCUT2D eigenvalue weighted by atomic mass is 10.1. The number of hydrogen-bond acceptors (Lipinski definition) is 4. The van der Waals surface area contributed by atoms with Crippen LogP contribution in [-0.2, 0) is 20.1 Å². The van der Waals surface area contributed by atoms with Crippen LogP contribution in [0.1, 0.15) is 12.5 Å². The summed E-state index contributed by atoms with van der Waals surface area (Å²) in [6.07, 6.45) is 0. The fourth-order valence-corrected chi connectivity index (χ4v) is 4.25. The number of imidazole rings is 1. The van der Waals surface area contributed by atoms with E-state index in [9.17, 15) is 14.0 Å². The van der Waals surface area contributed by atoms with Gasteiger partial charge in [-0.1, -0.05) is 37.3 Å². The Morgan fingerprint density at radius 3 is 2.45 bits per heavy atom. The second kappa shape index (κ2) is 7.23. The maximum absolute atomic E-state index is 13.5. The van der Waals surface area contributed by atoms with E-state index < -0.39 is 5.69 Å². The average Bonchev–Trinajstić information content (AvgIpc) is 3.15. The topological polar surface area (TPSA) is 65.1 Å². The summed E-state index contributed by atoms with van der Waals surface area (Å²) in [5.41, 5.74) is 1.68. The van der Waals surface area contributed by atoms with Gasteiger partial charge >= 0.3 is 5.69 Å². The van der Waals surface area contributed by atoms with Crippen molar-refractivity contribution in [3.05, 3.63) is 86.8 Å². The molecule has 158 valence electrons. The first-order valence-electron chi connectivity index (χ1n) is 10.2. The first-order chi connectivity index (χ1) is 14.9. The lowest BCUT2D eigenvalue weighted by Crippen LogP contribution is -2.40. The van der Waals surface area contributed by atoms with Crippen molar-refractivity contribution in [1.29, 1.82) is 0 Å². The van der Waals surface area contributed by atoms with Crippen molar-refractivity contribution in [1.82, 2.24) is 18.7 Å². The highest BCUT2D eigenvalue weighted by molar-refractivity contribution is 5.77. The highest BCUT2D eigenvalue weighted by Crippen LogP contribution is 2.32. The highest BCUT2D eigenvalue weighted by Gasteiger charge is 2.29. The number of rotatable bonds is 3. The van der Waals surface area contributed by atoms with Gasteiger partial charge in [0.25, 0.3) is 5.56 Å². The molecule has 0 amide bonds. The molecule has 0 saturated heterocycles. The molecule has 0 spiro atoms. The molecule has 0 N–H and O–H groups in total. The Hall–Kier alpha value is -3.68. The third kappa shape index (κ3) is 3.15. The van der Waals surface area contributed by atoms with Crippen LogP contribution in [0.5, 0.6) is 0 Å². The van der Waals surface area contributed by atoms with Crippen molar-refractivity contribution in [3.63, 3.8) is 0 Å². The van der Waals surface area contributed by atoms with E-state index in [0.29, 0.717) is 30.2 Å². The quantitative estimate of drug-likeness (QED) is 0.512. The molecule has 7 nitrogen and oxygen atoms in total. The largest absolute Gasteiger partial charge is 0.332 e. The number of halogens is 1. The molecule has 3 heterocycles. The van der Waals surface area contributed by atoms with Crippen molar-refractivity contribution in [2.75, 3.05) is 11.4 Å². The molecule has 1 aliphatic heterocycles. The highest BCUT2D eigenvalue weighted by atomic mass is 19.1. The number of benzene rings is 2. The van der Waals surface area contributed by atoms with E-state index in [-0.39, 0.29) is 23.8 Å². The molecule has 0 unspecified atom stereocenters. The summed E-state index contributed by atoms with van der Waals surface area (Å²) in [7, 11) is 1.64. The van der Waals surface area contributed by atoms with Gasteiger partial charge in [-0.25, -0.2) is 9.18 Å². The Bertz CT molecular complexity index is 1390. The number of aryl methyl sites for hydroxylation is 1. The number of hydrogen-bond donors (Lipinski definition) is 0. The Labute approximate surface area is 177 Å². The second-order valence-corrected chi connectivity index (χ2v) is 8.11. The van der Waals surface area contributed by atoms with Gasteiger partial charge < -0.3 is 9.47 Å². The molecule has 1 aliphatic rings. The van der Waals surface area contributed by atoms with E-state index in [1.165, 1.54) is 21.3 Å². The number of nitrogens with zero attached hydrogens (tertiary/aromatic N) is 5. The summed E-state index contributed by atoms with van der Waals surface area (Å²) < 4.78 is 18.0. The van der Waals surface area contributed by atoms with Crippen molar-refractivity contribution >= 4 is 22.8 Å². The Balaban J connectivity index is 1.73. The fourth-order valence-electron chi connectivity index (χ4n) is 4.25. The Kier molecular flexibility index (Phi) is 4.50. The summed E-state index contributed by atoms with van der Waals surface area (Å²) in [5, 5.41) is 0. The fraction of sp³-hybridized carbons (Fsp3) is 0.261. The molecule has 31 heavy (non-hydrogen) atoms. The van der Waals surface area contributed by atoms with E-state index >= 15 is 0 Å². The van der Waals surface area contributed by atoms with Crippen LogP contribution in [-0.4, -0.2) is 25.2 Å². The smallest absolute Gasteiger partial charge is 0.312 e. The predicted octanol–water partition coefficient (Wildman–Crippen LogP) is 2.87. The van der Waals surface area contributed by atoms with Crippen LogP contribution in [0.2, 0.25) is 0 Å². The van der Waals surface area contributed by atoms with Gasteiger partial charge in [0.15, 0.2) is 11.2 Å². The minimum Gasteiger partial charge on any atom is -0.312 e. The van der Waals surface area contributed by atoms with Crippen LogP contribution in [0.15, 0.2) is 64.2 Å². The molecular formula is C23H22FN5O2. The average molecular weight is 419 g/mol. The van der Waals surface area contributed by atoms with Gasteiger partial charge in [0.2, 0.25) is 5.95 Å². The summed E-state index contributed by atoms with van der Waals surface area (Å²) >= 11 is 0. The van der Waals surface area contributed by atoms with Gasteiger partial charge in [-0.3, -0.25) is 13.9 Å². The molecule has 0 bridgehead atoms. The van der Waals surface area contributed by atoms with E-state index in [2.05, 4.69) is 11.9 Å². The molecule has 0 aliphatic carbocycles. The molecule has 0 fully saturated rings. The molecule has 0 saturated carbocycles. The van der Waals surface area contributed by atoms with Crippen LogP contribution >= 0.6 is 0 Å². The van der Waals surface area contributed by atoms with E-state index in [0.717, 1.165) is 11.3 Å². The van der Waals surface area contributed by atoms with Gasteiger partial charge in [0.1, 0.15) is 5.82 Å². The molecular weight excluding hydrogens is 397 g/mol. The maximum atomic E-state index is 13.5. The zero-order valence-corrected chi connectivity index (χ0v) is 17.3. The Morgan fingerprint density at radius 2 is 1.74 bits per heavy atom. The zero-order valence-electron chi connectivity index (χ0n) is 17.3.